The number of hydrogen-bond donors (Lipinski definition) is 1. The fraction of sp³-hybridized carbons (Fsp3) is 0.158. The van der Waals surface area contributed by atoms with Crippen molar-refractivity contribution in [3.05, 3.63) is 71.9 Å². The lowest BCUT2D eigenvalue weighted by molar-refractivity contribution is -0.136. The monoisotopic (exact) mass is 307 g/mol. The maximum Gasteiger partial charge on any atom is 0.303 e. The standard InChI is InChI=1S/C19H17NO3/c21-19(22)9-7-14-3-1-5-17(11-14)23-13-15-6-8-16-4-2-10-20-18(16)12-15/h1-6,8,10-12H,7,9,13H2,(H,21,22). The van der Waals surface area contributed by atoms with Crippen LogP contribution < -0.4 is 4.74 Å². The molecule has 0 atom stereocenters. The van der Waals surface area contributed by atoms with Gasteiger partial charge in [-0.25, -0.2) is 0 Å². The molecule has 0 aliphatic carbocycles. The Morgan fingerprint density at radius 2 is 1.96 bits per heavy atom. The van der Waals surface area contributed by atoms with Gasteiger partial charge >= 0.3 is 5.97 Å². The molecule has 0 unspecified atom stereocenters. The molecule has 1 heterocycles. The molecular formula is C19H17NO3. The molecule has 3 rings (SSSR count). The molecule has 4 nitrogen and oxygen atoms in total. The summed E-state index contributed by atoms with van der Waals surface area (Å²) in [5.41, 5.74) is 2.96. The first-order chi connectivity index (χ1) is 11.2. The maximum absolute atomic E-state index is 10.6. The van der Waals surface area contributed by atoms with E-state index in [1.54, 1.807) is 6.20 Å². The van der Waals surface area contributed by atoms with Crippen molar-refractivity contribution in [1.29, 1.82) is 0 Å². The fourth-order valence-electron chi connectivity index (χ4n) is 2.41. The van der Waals surface area contributed by atoms with E-state index in [1.165, 1.54) is 0 Å². The van der Waals surface area contributed by atoms with E-state index in [2.05, 4.69) is 4.98 Å². The van der Waals surface area contributed by atoms with Gasteiger partial charge in [0.25, 0.3) is 0 Å². The van der Waals surface area contributed by atoms with E-state index in [0.717, 1.165) is 27.8 Å². The second-order valence-corrected chi connectivity index (χ2v) is 5.36. The third kappa shape index (κ3) is 4.07. The molecule has 1 aromatic heterocycles. The molecular weight excluding hydrogens is 290 g/mol. The highest BCUT2D eigenvalue weighted by Gasteiger charge is 2.02. The zero-order valence-electron chi connectivity index (χ0n) is 12.6. The summed E-state index contributed by atoms with van der Waals surface area (Å²) in [6, 6.07) is 17.6. The molecule has 3 aromatic rings. The summed E-state index contributed by atoms with van der Waals surface area (Å²) in [5.74, 6) is -0.0472. The second-order valence-electron chi connectivity index (χ2n) is 5.36. The largest absolute Gasteiger partial charge is 0.489 e. The van der Waals surface area contributed by atoms with E-state index in [4.69, 9.17) is 9.84 Å². The van der Waals surface area contributed by atoms with Gasteiger partial charge in [0.15, 0.2) is 0 Å². The van der Waals surface area contributed by atoms with Gasteiger partial charge in [0, 0.05) is 18.0 Å². The highest BCUT2D eigenvalue weighted by atomic mass is 16.5. The fourth-order valence-corrected chi connectivity index (χ4v) is 2.41. The van der Waals surface area contributed by atoms with Crippen LogP contribution in [-0.4, -0.2) is 16.1 Å². The van der Waals surface area contributed by atoms with E-state index in [9.17, 15) is 4.79 Å². The van der Waals surface area contributed by atoms with Gasteiger partial charge in [-0.15, -0.1) is 0 Å². The highest BCUT2D eigenvalue weighted by molar-refractivity contribution is 5.78. The molecule has 0 radical (unpaired) electrons. The van der Waals surface area contributed by atoms with Crippen molar-refractivity contribution >= 4 is 16.9 Å². The number of carboxylic acid groups (broad SMARTS) is 1. The second kappa shape index (κ2) is 6.92. The van der Waals surface area contributed by atoms with Crippen LogP contribution in [-0.2, 0) is 17.8 Å². The Morgan fingerprint density at radius 3 is 2.83 bits per heavy atom. The van der Waals surface area contributed by atoms with Crippen molar-refractivity contribution in [2.24, 2.45) is 0 Å². The number of nitrogens with zero attached hydrogens (tertiary/aromatic N) is 1. The van der Waals surface area contributed by atoms with Crippen molar-refractivity contribution in [1.82, 2.24) is 4.98 Å². The molecule has 0 amide bonds. The smallest absolute Gasteiger partial charge is 0.303 e. The van der Waals surface area contributed by atoms with Gasteiger partial charge in [-0.1, -0.05) is 30.3 Å². The van der Waals surface area contributed by atoms with Gasteiger partial charge in [-0.2, -0.15) is 0 Å². The highest BCUT2D eigenvalue weighted by Crippen LogP contribution is 2.18. The van der Waals surface area contributed by atoms with Gasteiger partial charge in [-0.05, 0) is 41.8 Å². The summed E-state index contributed by atoms with van der Waals surface area (Å²) in [5, 5.41) is 9.85. The minimum atomic E-state index is -0.792. The average Bonchev–Trinajstić information content (AvgIpc) is 2.58. The summed E-state index contributed by atoms with van der Waals surface area (Å²) < 4.78 is 5.81. The number of carbonyl (C=O) groups is 1. The summed E-state index contributed by atoms with van der Waals surface area (Å²) in [7, 11) is 0. The van der Waals surface area contributed by atoms with Crippen molar-refractivity contribution in [2.75, 3.05) is 0 Å². The normalized spacial score (nSPS) is 10.6. The number of ether oxygens (including phenoxy) is 1. The van der Waals surface area contributed by atoms with Crippen molar-refractivity contribution in [3.8, 4) is 5.75 Å². The van der Waals surface area contributed by atoms with Crippen LogP contribution in [0.3, 0.4) is 0 Å². The van der Waals surface area contributed by atoms with Crippen LogP contribution in [0, 0.1) is 0 Å². The third-order valence-corrected chi connectivity index (χ3v) is 3.60. The molecule has 116 valence electrons. The molecule has 23 heavy (non-hydrogen) atoms. The summed E-state index contributed by atoms with van der Waals surface area (Å²) in [4.78, 5) is 15.0. The number of pyridine rings is 1. The van der Waals surface area contributed by atoms with Gasteiger partial charge in [0.2, 0.25) is 0 Å². The Kier molecular flexibility index (Phi) is 4.52. The predicted molar refractivity (Wildman–Crippen MR) is 88.5 cm³/mol. The van der Waals surface area contributed by atoms with Gasteiger partial charge in [-0.3, -0.25) is 9.78 Å². The van der Waals surface area contributed by atoms with E-state index in [0.29, 0.717) is 13.0 Å². The van der Waals surface area contributed by atoms with Crippen LogP contribution in [0.15, 0.2) is 60.8 Å². The third-order valence-electron chi connectivity index (χ3n) is 3.60. The van der Waals surface area contributed by atoms with E-state index < -0.39 is 5.97 Å². The lowest BCUT2D eigenvalue weighted by atomic mass is 10.1. The number of aliphatic carboxylic acids is 1. The Hall–Kier alpha value is -2.88. The topological polar surface area (TPSA) is 59.4 Å². The number of hydrogen-bond acceptors (Lipinski definition) is 3. The summed E-state index contributed by atoms with van der Waals surface area (Å²) in [6.07, 6.45) is 2.41. The quantitative estimate of drug-likeness (QED) is 0.752. The zero-order valence-corrected chi connectivity index (χ0v) is 12.6. The Labute approximate surface area is 134 Å². The Balaban J connectivity index is 1.67. The maximum atomic E-state index is 10.6. The number of aryl methyl sites for hydroxylation is 1. The number of aromatic nitrogens is 1. The minimum absolute atomic E-state index is 0.125. The summed E-state index contributed by atoms with van der Waals surface area (Å²) in [6.45, 7) is 0.453. The first-order valence-corrected chi connectivity index (χ1v) is 7.48. The number of rotatable bonds is 6. The van der Waals surface area contributed by atoms with Crippen LogP contribution in [0.2, 0.25) is 0 Å². The molecule has 0 aliphatic heterocycles. The van der Waals surface area contributed by atoms with Gasteiger partial charge in [0.1, 0.15) is 12.4 Å². The Bertz CT molecular complexity index is 829. The molecule has 0 spiro atoms. The number of benzene rings is 2. The molecule has 0 aliphatic rings. The van der Waals surface area contributed by atoms with Crippen LogP contribution in [0.4, 0.5) is 0 Å². The number of carboxylic acids is 1. The molecule has 0 saturated carbocycles. The first-order valence-electron chi connectivity index (χ1n) is 7.48. The molecule has 1 N–H and O–H groups in total. The lowest BCUT2D eigenvalue weighted by Gasteiger charge is -2.08. The van der Waals surface area contributed by atoms with Crippen LogP contribution in [0.1, 0.15) is 17.5 Å². The van der Waals surface area contributed by atoms with Crippen molar-refractivity contribution < 1.29 is 14.6 Å². The minimum Gasteiger partial charge on any atom is -0.489 e. The summed E-state index contributed by atoms with van der Waals surface area (Å²) >= 11 is 0. The van der Waals surface area contributed by atoms with Crippen LogP contribution >= 0.6 is 0 Å². The molecule has 0 saturated heterocycles. The molecule has 4 heteroatoms. The number of fused-ring (bicyclic) bond motifs is 1. The zero-order chi connectivity index (χ0) is 16.1. The van der Waals surface area contributed by atoms with Crippen LogP contribution in [0.25, 0.3) is 10.9 Å². The van der Waals surface area contributed by atoms with Crippen molar-refractivity contribution in [3.63, 3.8) is 0 Å². The molecule has 0 bridgehead atoms. The van der Waals surface area contributed by atoms with Gasteiger partial charge < -0.3 is 9.84 Å². The van der Waals surface area contributed by atoms with E-state index in [-0.39, 0.29) is 6.42 Å². The van der Waals surface area contributed by atoms with Gasteiger partial charge in [0.05, 0.1) is 5.52 Å². The SMILES string of the molecule is O=C(O)CCc1cccc(OCc2ccc3cccnc3c2)c1. The predicted octanol–water partition coefficient (Wildman–Crippen LogP) is 3.83. The van der Waals surface area contributed by atoms with Crippen LogP contribution in [0.5, 0.6) is 5.75 Å². The van der Waals surface area contributed by atoms with E-state index >= 15 is 0 Å². The average molecular weight is 307 g/mol. The van der Waals surface area contributed by atoms with Crippen molar-refractivity contribution in [2.45, 2.75) is 19.4 Å². The lowest BCUT2D eigenvalue weighted by Crippen LogP contribution is -1.99. The Morgan fingerprint density at radius 1 is 1.04 bits per heavy atom. The first kappa shape index (κ1) is 15.0. The molecule has 2 aromatic carbocycles. The molecule has 0 fully saturated rings. The van der Waals surface area contributed by atoms with E-state index in [1.807, 2.05) is 54.6 Å².